The zero-order chi connectivity index (χ0) is 19.8. The van der Waals surface area contributed by atoms with Crippen molar-refractivity contribution in [3.8, 4) is 11.6 Å². The van der Waals surface area contributed by atoms with E-state index in [9.17, 15) is 8.42 Å². The van der Waals surface area contributed by atoms with Crippen LogP contribution in [0.3, 0.4) is 0 Å². The largest absolute Gasteiger partial charge is 0.358 e. The fourth-order valence-electron chi connectivity index (χ4n) is 2.32. The molecule has 0 saturated carbocycles. The third-order valence-electron chi connectivity index (χ3n) is 3.72. The monoisotopic (exact) mass is 444 g/mol. The summed E-state index contributed by atoms with van der Waals surface area (Å²) in [6, 6.07) is 12.5. The first kappa shape index (κ1) is 20.0. The van der Waals surface area contributed by atoms with Crippen molar-refractivity contribution in [3.05, 3.63) is 69.3 Å². The van der Waals surface area contributed by atoms with Gasteiger partial charge in [-0.25, -0.2) is 0 Å². The summed E-state index contributed by atoms with van der Waals surface area (Å²) in [7, 11) is -4.22. The van der Waals surface area contributed by atoms with E-state index in [4.69, 9.17) is 39.0 Å². The van der Waals surface area contributed by atoms with Crippen molar-refractivity contribution in [1.29, 1.82) is 0 Å². The van der Waals surface area contributed by atoms with Crippen molar-refractivity contribution in [3.63, 3.8) is 0 Å². The van der Waals surface area contributed by atoms with Crippen molar-refractivity contribution in [2.45, 2.75) is 24.7 Å². The van der Waals surface area contributed by atoms with Crippen molar-refractivity contribution >= 4 is 44.9 Å². The smallest absolute Gasteiger partial charge is 0.342 e. The lowest BCUT2D eigenvalue weighted by Gasteiger charge is -2.10. The van der Waals surface area contributed by atoms with Gasteiger partial charge in [-0.1, -0.05) is 48.7 Å². The lowest BCUT2D eigenvalue weighted by atomic mass is 10.1. The molecule has 0 aliphatic rings. The Balaban J connectivity index is 2.08. The Kier molecular flexibility index (Phi) is 5.72. The summed E-state index contributed by atoms with van der Waals surface area (Å²) in [5.41, 5.74) is 1.28. The summed E-state index contributed by atoms with van der Waals surface area (Å²) in [6.45, 7) is 3.89. The molecule has 0 amide bonds. The topological polar surface area (TPSA) is 61.2 Å². The first-order valence-corrected chi connectivity index (χ1v) is 10.5. The minimum Gasteiger partial charge on any atom is -0.358 e. The number of aromatic nitrogens is 2. The van der Waals surface area contributed by atoms with Crippen molar-refractivity contribution in [2.24, 2.45) is 0 Å². The van der Waals surface area contributed by atoms with Crippen LogP contribution >= 0.6 is 34.8 Å². The molecule has 0 unspecified atom stereocenters. The second kappa shape index (κ2) is 7.72. The molecule has 0 aliphatic carbocycles. The van der Waals surface area contributed by atoms with Gasteiger partial charge in [0.05, 0.1) is 16.4 Å². The molecular weight excluding hydrogens is 431 g/mol. The lowest BCUT2D eigenvalue weighted by molar-refractivity contribution is 0.465. The summed E-state index contributed by atoms with van der Waals surface area (Å²) in [5, 5.41) is 5.25. The van der Waals surface area contributed by atoms with Crippen LogP contribution in [0, 0.1) is 0 Å². The van der Waals surface area contributed by atoms with Gasteiger partial charge in [0.25, 0.3) is 0 Å². The van der Waals surface area contributed by atoms with Gasteiger partial charge >= 0.3 is 10.1 Å². The Morgan fingerprint density at radius 1 is 0.963 bits per heavy atom. The average molecular weight is 446 g/mol. The zero-order valence-electron chi connectivity index (χ0n) is 14.4. The Morgan fingerprint density at radius 2 is 1.59 bits per heavy atom. The molecule has 5 nitrogen and oxygen atoms in total. The number of rotatable bonds is 5. The average Bonchev–Trinajstić information content (AvgIpc) is 3.01. The van der Waals surface area contributed by atoms with E-state index in [1.807, 2.05) is 13.8 Å². The highest BCUT2D eigenvalue weighted by Crippen LogP contribution is 2.30. The normalized spacial score (nSPS) is 11.8. The standard InChI is InChI=1S/C18H15Cl3N2O3S/c1-11(2)16-10-18(23(22-16)14-6-3-12(19)4-7-14)26-27(24,25)17-9-13(20)5-8-15(17)21/h3-11H,1-2H3. The lowest BCUT2D eigenvalue weighted by Crippen LogP contribution is -2.13. The molecule has 0 N–H and O–H groups in total. The van der Waals surface area contributed by atoms with Crippen LogP contribution < -0.4 is 4.18 Å². The minimum atomic E-state index is -4.22. The highest BCUT2D eigenvalue weighted by Gasteiger charge is 2.24. The van der Waals surface area contributed by atoms with Crippen molar-refractivity contribution < 1.29 is 12.6 Å². The molecule has 0 spiro atoms. The van der Waals surface area contributed by atoms with Gasteiger partial charge in [0.1, 0.15) is 4.90 Å². The molecule has 2 aromatic carbocycles. The molecule has 1 heterocycles. The van der Waals surface area contributed by atoms with Gasteiger partial charge in [-0.2, -0.15) is 18.2 Å². The van der Waals surface area contributed by atoms with E-state index >= 15 is 0 Å². The maximum Gasteiger partial charge on any atom is 0.342 e. The van der Waals surface area contributed by atoms with E-state index in [0.29, 0.717) is 16.4 Å². The van der Waals surface area contributed by atoms with Crippen LogP contribution in [0.1, 0.15) is 25.5 Å². The SMILES string of the molecule is CC(C)c1cc(OS(=O)(=O)c2cc(Cl)ccc2Cl)n(-c2ccc(Cl)cc2)n1. The number of nitrogens with zero attached hydrogens (tertiary/aromatic N) is 2. The molecule has 27 heavy (non-hydrogen) atoms. The molecule has 3 rings (SSSR count). The van der Waals surface area contributed by atoms with E-state index in [1.165, 1.54) is 22.9 Å². The van der Waals surface area contributed by atoms with E-state index in [-0.39, 0.29) is 26.7 Å². The predicted octanol–water partition coefficient (Wildman–Crippen LogP) is 5.72. The first-order valence-electron chi connectivity index (χ1n) is 7.93. The van der Waals surface area contributed by atoms with Crippen LogP contribution in [0.4, 0.5) is 0 Å². The Hall–Kier alpha value is -1.73. The quantitative estimate of drug-likeness (QED) is 0.471. The van der Waals surface area contributed by atoms with Gasteiger partial charge in [0, 0.05) is 16.1 Å². The summed E-state index contributed by atoms with van der Waals surface area (Å²) < 4.78 is 32.3. The fraction of sp³-hybridized carbons (Fsp3) is 0.167. The number of benzene rings is 2. The number of halogens is 3. The van der Waals surface area contributed by atoms with E-state index in [1.54, 1.807) is 30.3 Å². The summed E-state index contributed by atoms with van der Waals surface area (Å²) in [5.74, 6) is 0.107. The minimum absolute atomic E-state index is 0.0149. The summed E-state index contributed by atoms with van der Waals surface area (Å²) >= 11 is 17.9. The van der Waals surface area contributed by atoms with Gasteiger partial charge in [0.15, 0.2) is 0 Å². The molecule has 0 saturated heterocycles. The van der Waals surface area contributed by atoms with Gasteiger partial charge in [-0.3, -0.25) is 0 Å². The predicted molar refractivity (Wildman–Crippen MR) is 107 cm³/mol. The zero-order valence-corrected chi connectivity index (χ0v) is 17.4. The molecule has 0 radical (unpaired) electrons. The molecule has 0 atom stereocenters. The fourth-order valence-corrected chi connectivity index (χ4v) is 4.09. The second-order valence-electron chi connectivity index (χ2n) is 6.06. The second-order valence-corrected chi connectivity index (χ2v) is 8.86. The van der Waals surface area contributed by atoms with Gasteiger partial charge in [0.2, 0.25) is 5.88 Å². The Labute approximate surface area is 172 Å². The first-order chi connectivity index (χ1) is 12.7. The van der Waals surface area contributed by atoms with Crippen LogP contribution in [0.25, 0.3) is 5.69 Å². The van der Waals surface area contributed by atoms with Gasteiger partial charge < -0.3 is 4.18 Å². The number of hydrogen-bond acceptors (Lipinski definition) is 4. The van der Waals surface area contributed by atoms with Crippen molar-refractivity contribution in [1.82, 2.24) is 9.78 Å². The summed E-state index contributed by atoms with van der Waals surface area (Å²) in [4.78, 5) is -0.216. The molecule has 0 fully saturated rings. The van der Waals surface area contributed by atoms with Crippen LogP contribution in [0.15, 0.2) is 53.4 Å². The molecule has 0 bridgehead atoms. The molecule has 0 aliphatic heterocycles. The highest BCUT2D eigenvalue weighted by atomic mass is 35.5. The van der Waals surface area contributed by atoms with Gasteiger partial charge in [-0.05, 0) is 48.4 Å². The van der Waals surface area contributed by atoms with Crippen LogP contribution in [-0.4, -0.2) is 18.2 Å². The van der Waals surface area contributed by atoms with Crippen LogP contribution in [-0.2, 0) is 10.1 Å². The highest BCUT2D eigenvalue weighted by molar-refractivity contribution is 7.87. The molecule has 9 heteroatoms. The number of hydrogen-bond donors (Lipinski definition) is 0. The Morgan fingerprint density at radius 3 is 2.22 bits per heavy atom. The van der Waals surface area contributed by atoms with Crippen molar-refractivity contribution in [2.75, 3.05) is 0 Å². The summed E-state index contributed by atoms with van der Waals surface area (Å²) in [6.07, 6.45) is 0. The van der Waals surface area contributed by atoms with E-state index < -0.39 is 10.1 Å². The van der Waals surface area contributed by atoms with E-state index in [2.05, 4.69) is 5.10 Å². The third kappa shape index (κ3) is 4.41. The van der Waals surface area contributed by atoms with Gasteiger partial charge in [-0.15, -0.1) is 0 Å². The molecular formula is C18H15Cl3N2O3S. The Bertz CT molecular complexity index is 1080. The molecule has 3 aromatic rings. The third-order valence-corrected chi connectivity index (χ3v) is 5.91. The molecule has 142 valence electrons. The van der Waals surface area contributed by atoms with E-state index in [0.717, 1.165) is 0 Å². The maximum atomic E-state index is 12.8. The molecule has 1 aromatic heterocycles. The maximum absolute atomic E-state index is 12.8. The van der Waals surface area contributed by atoms with Crippen LogP contribution in [0.2, 0.25) is 15.1 Å². The van der Waals surface area contributed by atoms with Crippen LogP contribution in [0.5, 0.6) is 5.88 Å².